The highest BCUT2D eigenvalue weighted by Gasteiger charge is 2.28. The van der Waals surface area contributed by atoms with Gasteiger partial charge in [-0.15, -0.1) is 5.10 Å². The van der Waals surface area contributed by atoms with Gasteiger partial charge in [0.05, 0.1) is 23.2 Å². The number of carbonyl (C=O) groups is 1. The average Bonchev–Trinajstić information content (AvgIpc) is 3.24. The van der Waals surface area contributed by atoms with Gasteiger partial charge in [-0.2, -0.15) is 5.10 Å². The number of nitrogens with one attached hydrogen (secondary N) is 1. The Hall–Kier alpha value is -2.68. The number of amides is 1. The van der Waals surface area contributed by atoms with Crippen molar-refractivity contribution in [3.8, 4) is 5.69 Å². The molecule has 3 aromatic rings. The first-order chi connectivity index (χ1) is 12.2. The van der Waals surface area contributed by atoms with E-state index in [1.165, 1.54) is 11.8 Å². The Bertz CT molecular complexity index is 885. The molecule has 1 amide bonds. The molecular weight excluding hydrogens is 338 g/mol. The number of tetrazole rings is 1. The lowest BCUT2D eigenvalue weighted by Gasteiger charge is -2.08. The summed E-state index contributed by atoms with van der Waals surface area (Å²) in [7, 11) is 0. The maximum Gasteiger partial charge on any atom is 0.236 e. The molecule has 128 valence electrons. The van der Waals surface area contributed by atoms with Crippen LogP contribution in [0.15, 0.2) is 41.6 Å². The van der Waals surface area contributed by atoms with Crippen molar-refractivity contribution in [2.24, 2.45) is 0 Å². The van der Waals surface area contributed by atoms with E-state index in [0.29, 0.717) is 17.0 Å². The van der Waals surface area contributed by atoms with E-state index in [9.17, 15) is 4.79 Å². The number of aryl methyl sites for hydroxylation is 1. The minimum Gasteiger partial charge on any atom is -0.310 e. The number of benzene rings is 1. The quantitative estimate of drug-likeness (QED) is 0.682. The number of rotatable bonds is 6. The highest BCUT2D eigenvalue weighted by molar-refractivity contribution is 7.99. The molecule has 4 rings (SSSR count). The monoisotopic (exact) mass is 355 g/mol. The van der Waals surface area contributed by atoms with Gasteiger partial charge >= 0.3 is 0 Å². The van der Waals surface area contributed by atoms with Gasteiger partial charge in [0.2, 0.25) is 11.1 Å². The van der Waals surface area contributed by atoms with Gasteiger partial charge in [-0.1, -0.05) is 30.0 Å². The second-order valence-corrected chi connectivity index (χ2v) is 6.83. The highest BCUT2D eigenvalue weighted by atomic mass is 32.2. The van der Waals surface area contributed by atoms with Gasteiger partial charge in [-0.05, 0) is 42.3 Å². The van der Waals surface area contributed by atoms with Gasteiger partial charge in [-0.25, -0.2) is 9.36 Å². The fraction of sp³-hybridized carbons (Fsp3) is 0.312. The summed E-state index contributed by atoms with van der Waals surface area (Å²) < 4.78 is 3.53. The van der Waals surface area contributed by atoms with Crippen LogP contribution >= 0.6 is 11.8 Å². The Labute approximate surface area is 148 Å². The third kappa shape index (κ3) is 3.55. The summed E-state index contributed by atoms with van der Waals surface area (Å²) in [6.45, 7) is 1.90. The Kier molecular flexibility index (Phi) is 4.22. The molecule has 0 atom stereocenters. The van der Waals surface area contributed by atoms with E-state index < -0.39 is 0 Å². The Balaban J connectivity index is 1.43. The molecule has 0 bridgehead atoms. The average molecular weight is 355 g/mol. The summed E-state index contributed by atoms with van der Waals surface area (Å²) in [5.41, 5.74) is 1.74. The second-order valence-electron chi connectivity index (χ2n) is 5.89. The normalized spacial score (nSPS) is 13.8. The van der Waals surface area contributed by atoms with Crippen molar-refractivity contribution in [3.63, 3.8) is 0 Å². The minimum absolute atomic E-state index is 0.118. The second kappa shape index (κ2) is 6.67. The summed E-state index contributed by atoms with van der Waals surface area (Å²) in [5.74, 6) is 0.773. The van der Waals surface area contributed by atoms with Crippen LogP contribution in [0.25, 0.3) is 5.69 Å². The van der Waals surface area contributed by atoms with Crippen molar-refractivity contribution in [2.45, 2.75) is 31.0 Å². The number of nitrogens with zero attached hydrogens (tertiary/aromatic N) is 6. The molecule has 2 heterocycles. The Morgan fingerprint density at radius 2 is 2.12 bits per heavy atom. The molecule has 1 saturated carbocycles. The lowest BCUT2D eigenvalue weighted by molar-refractivity contribution is -0.113. The van der Waals surface area contributed by atoms with Crippen LogP contribution in [0, 0.1) is 6.92 Å². The third-order valence-corrected chi connectivity index (χ3v) is 4.72. The van der Waals surface area contributed by atoms with E-state index in [0.717, 1.165) is 24.2 Å². The molecule has 2 aromatic heterocycles. The van der Waals surface area contributed by atoms with Crippen molar-refractivity contribution in [1.82, 2.24) is 30.0 Å². The highest BCUT2D eigenvalue weighted by Crippen LogP contribution is 2.36. The zero-order chi connectivity index (χ0) is 17.2. The Morgan fingerprint density at radius 3 is 2.88 bits per heavy atom. The van der Waals surface area contributed by atoms with E-state index in [2.05, 4.69) is 25.9 Å². The third-order valence-electron chi connectivity index (χ3n) is 3.79. The lowest BCUT2D eigenvalue weighted by Crippen LogP contribution is -2.17. The molecule has 0 radical (unpaired) electrons. The van der Waals surface area contributed by atoms with E-state index in [4.69, 9.17) is 0 Å². The summed E-state index contributed by atoms with van der Waals surface area (Å²) in [6.07, 6.45) is 2.20. The molecule has 1 N–H and O–H groups in total. The maximum atomic E-state index is 12.3. The van der Waals surface area contributed by atoms with Gasteiger partial charge < -0.3 is 5.32 Å². The topological polar surface area (TPSA) is 90.5 Å². The van der Waals surface area contributed by atoms with Crippen molar-refractivity contribution in [1.29, 1.82) is 0 Å². The predicted octanol–water partition coefficient (Wildman–Crippen LogP) is 2.23. The number of carbonyl (C=O) groups excluding carboxylic acids is 1. The van der Waals surface area contributed by atoms with E-state index in [-0.39, 0.29) is 11.7 Å². The van der Waals surface area contributed by atoms with Crippen LogP contribution in [0.1, 0.15) is 24.6 Å². The van der Waals surface area contributed by atoms with Crippen LogP contribution in [0.5, 0.6) is 0 Å². The van der Waals surface area contributed by atoms with Gasteiger partial charge in [0.15, 0.2) is 0 Å². The first kappa shape index (κ1) is 15.8. The van der Waals surface area contributed by atoms with Gasteiger partial charge in [0.25, 0.3) is 0 Å². The molecule has 1 aliphatic rings. The van der Waals surface area contributed by atoms with Crippen LogP contribution in [-0.4, -0.2) is 41.6 Å². The van der Waals surface area contributed by atoms with E-state index in [1.807, 2.05) is 43.3 Å². The number of hydrogen-bond acceptors (Lipinski definition) is 6. The number of hydrogen-bond donors (Lipinski definition) is 1. The molecule has 9 heteroatoms. The molecule has 1 fully saturated rings. The summed E-state index contributed by atoms with van der Waals surface area (Å²) in [6, 6.07) is 11.9. The lowest BCUT2D eigenvalue weighted by atomic mass is 10.3. The summed E-state index contributed by atoms with van der Waals surface area (Å²) in [4.78, 5) is 12.3. The molecule has 0 saturated heterocycles. The SMILES string of the molecule is Cc1cc(NC(=O)CSc2nnnn2C2CC2)n(-c2ccccc2)n1. The smallest absolute Gasteiger partial charge is 0.236 e. The molecule has 1 aromatic carbocycles. The molecule has 0 spiro atoms. The van der Waals surface area contributed by atoms with Gasteiger partial charge in [0.1, 0.15) is 5.82 Å². The van der Waals surface area contributed by atoms with Crippen LogP contribution in [0.3, 0.4) is 0 Å². The minimum atomic E-state index is -0.118. The molecule has 0 aliphatic heterocycles. The van der Waals surface area contributed by atoms with Crippen molar-refractivity contribution in [3.05, 3.63) is 42.1 Å². The summed E-state index contributed by atoms with van der Waals surface area (Å²) in [5, 5.41) is 19.7. The van der Waals surface area contributed by atoms with Crippen molar-refractivity contribution >= 4 is 23.5 Å². The predicted molar refractivity (Wildman–Crippen MR) is 93.7 cm³/mol. The van der Waals surface area contributed by atoms with Crippen LogP contribution in [0.4, 0.5) is 5.82 Å². The summed E-state index contributed by atoms with van der Waals surface area (Å²) >= 11 is 1.34. The molecular formula is C16H17N7OS. The van der Waals surface area contributed by atoms with Crippen molar-refractivity contribution in [2.75, 3.05) is 11.1 Å². The first-order valence-electron chi connectivity index (χ1n) is 8.03. The van der Waals surface area contributed by atoms with Gasteiger partial charge in [-0.3, -0.25) is 4.79 Å². The number of aromatic nitrogens is 6. The number of thioether (sulfide) groups is 1. The molecule has 1 aliphatic carbocycles. The van der Waals surface area contributed by atoms with Crippen LogP contribution < -0.4 is 5.32 Å². The van der Waals surface area contributed by atoms with Crippen LogP contribution in [-0.2, 0) is 4.79 Å². The molecule has 0 unspecified atom stereocenters. The fourth-order valence-corrected chi connectivity index (χ4v) is 3.24. The van der Waals surface area contributed by atoms with Crippen LogP contribution in [0.2, 0.25) is 0 Å². The zero-order valence-corrected chi connectivity index (χ0v) is 14.5. The zero-order valence-electron chi connectivity index (χ0n) is 13.7. The number of para-hydroxylation sites is 1. The largest absolute Gasteiger partial charge is 0.310 e. The molecule has 8 nitrogen and oxygen atoms in total. The first-order valence-corrected chi connectivity index (χ1v) is 9.02. The van der Waals surface area contributed by atoms with E-state index >= 15 is 0 Å². The van der Waals surface area contributed by atoms with E-state index in [1.54, 1.807) is 9.36 Å². The maximum absolute atomic E-state index is 12.3. The van der Waals surface area contributed by atoms with Crippen molar-refractivity contribution < 1.29 is 4.79 Å². The molecule has 25 heavy (non-hydrogen) atoms. The number of anilines is 1. The standard InChI is InChI=1S/C16H17N7OS/c1-11-9-14(22(19-11)12-5-3-2-4-6-12)17-15(24)10-25-16-18-20-21-23(16)13-7-8-13/h2-6,9,13H,7-8,10H2,1H3,(H,17,24). The Morgan fingerprint density at radius 1 is 1.32 bits per heavy atom. The van der Waals surface area contributed by atoms with Gasteiger partial charge in [0, 0.05) is 6.07 Å². The fourth-order valence-electron chi connectivity index (χ4n) is 2.49.